The van der Waals surface area contributed by atoms with Crippen LogP contribution in [-0.2, 0) is 0 Å². The van der Waals surface area contributed by atoms with E-state index in [2.05, 4.69) is 0 Å². The molecule has 0 N–H and O–H groups in total. The zero-order valence-electron chi connectivity index (χ0n) is 11.8. The van der Waals surface area contributed by atoms with Gasteiger partial charge in [-0.2, -0.15) is 0 Å². The zero-order valence-corrected chi connectivity index (χ0v) is 11.8. The number of hydrogen-bond donors (Lipinski definition) is 0. The maximum Gasteiger partial charge on any atom is 0.198 e. The van der Waals surface area contributed by atoms with Gasteiger partial charge in [-0.25, -0.2) is 43.9 Å². The van der Waals surface area contributed by atoms with Gasteiger partial charge in [0.05, 0.1) is 5.39 Å². The van der Waals surface area contributed by atoms with E-state index in [1.165, 1.54) is 0 Å². The highest BCUT2D eigenvalue weighted by atomic mass is 19.2. The molecule has 0 bridgehead atoms. The Kier molecular flexibility index (Phi) is 3.14. The topological polar surface area (TPSA) is 0 Å². The van der Waals surface area contributed by atoms with Gasteiger partial charge in [0, 0.05) is 27.6 Å². The van der Waals surface area contributed by atoms with Crippen molar-refractivity contribution in [1.82, 2.24) is 0 Å². The molecule has 0 fully saturated rings. The molecule has 10 heteroatoms. The lowest BCUT2D eigenvalue weighted by Crippen LogP contribution is -2.02. The Balaban J connectivity index is 2.45. The minimum absolute atomic E-state index is 1.28. The second kappa shape index (κ2) is 4.89. The van der Waals surface area contributed by atoms with Gasteiger partial charge in [0.25, 0.3) is 0 Å². The van der Waals surface area contributed by atoms with Crippen molar-refractivity contribution < 1.29 is 43.9 Å². The van der Waals surface area contributed by atoms with Gasteiger partial charge in [0.15, 0.2) is 58.2 Å². The molecular weight excluding hydrogens is 382 g/mol. The van der Waals surface area contributed by atoms with Crippen molar-refractivity contribution in [3.05, 3.63) is 58.2 Å². The molecule has 0 atom stereocenters. The predicted octanol–water partition coefficient (Wildman–Crippen LogP) is 5.88. The highest BCUT2D eigenvalue weighted by molar-refractivity contribution is 6.16. The molecule has 0 saturated heterocycles. The fraction of sp³-hybridized carbons (Fsp3) is 0. The highest BCUT2D eigenvalue weighted by Gasteiger charge is 2.41. The Morgan fingerprint density at radius 3 is 0.846 bits per heavy atom. The van der Waals surface area contributed by atoms with Crippen LogP contribution >= 0.6 is 0 Å². The third-order valence-electron chi connectivity index (χ3n) is 4.17. The first-order valence-electron chi connectivity index (χ1n) is 6.64. The van der Waals surface area contributed by atoms with Gasteiger partial charge in [-0.05, 0) is 0 Å². The average molecular weight is 382 g/mol. The predicted molar refractivity (Wildman–Crippen MR) is 68.0 cm³/mol. The molecule has 0 heterocycles. The molecule has 26 heavy (non-hydrogen) atoms. The molecule has 0 saturated carbocycles. The molecular formula is C16F10. The number of fused-ring (bicyclic) bond motifs is 3. The van der Waals surface area contributed by atoms with Crippen molar-refractivity contribution in [1.29, 1.82) is 0 Å². The van der Waals surface area contributed by atoms with Crippen LogP contribution < -0.4 is 0 Å². The Morgan fingerprint density at radius 1 is 0.231 bits per heavy atom. The Bertz CT molecular complexity index is 1090. The Labute approximate surface area is 136 Å². The van der Waals surface area contributed by atoms with E-state index in [0.717, 1.165) is 0 Å². The standard InChI is InChI=1S/C16F10/c17-7-2-1-3(5-4(2)9(19)15(25)16(26)10(5)20)8(18)14(24)12(22)6(1)11(21)13(7)23. The summed E-state index contributed by atoms with van der Waals surface area (Å²) in [5.41, 5.74) is -5.92. The summed E-state index contributed by atoms with van der Waals surface area (Å²) >= 11 is 0. The second-order valence-corrected chi connectivity index (χ2v) is 5.39. The van der Waals surface area contributed by atoms with E-state index in [1.807, 2.05) is 0 Å². The molecule has 0 aliphatic heterocycles. The van der Waals surface area contributed by atoms with E-state index in [4.69, 9.17) is 0 Å². The molecule has 134 valence electrons. The van der Waals surface area contributed by atoms with Crippen LogP contribution in [0.3, 0.4) is 0 Å². The smallest absolute Gasteiger partial charge is 0.198 e. The summed E-state index contributed by atoms with van der Waals surface area (Å²) in [7, 11) is 0. The van der Waals surface area contributed by atoms with E-state index in [-0.39, 0.29) is 0 Å². The van der Waals surface area contributed by atoms with Crippen LogP contribution in [0, 0.1) is 58.2 Å². The number of benzene rings is 3. The van der Waals surface area contributed by atoms with Gasteiger partial charge in [-0.1, -0.05) is 0 Å². The summed E-state index contributed by atoms with van der Waals surface area (Å²) in [4.78, 5) is 0. The molecule has 0 amide bonds. The summed E-state index contributed by atoms with van der Waals surface area (Å²) in [6.07, 6.45) is 0. The van der Waals surface area contributed by atoms with Crippen molar-refractivity contribution in [3.8, 4) is 22.3 Å². The summed E-state index contributed by atoms with van der Waals surface area (Å²) in [5.74, 6) is -23.3. The third-order valence-corrected chi connectivity index (χ3v) is 4.17. The van der Waals surface area contributed by atoms with Crippen molar-refractivity contribution in [3.63, 3.8) is 0 Å². The van der Waals surface area contributed by atoms with Crippen LogP contribution in [0.1, 0.15) is 0 Å². The van der Waals surface area contributed by atoms with Crippen LogP contribution in [0.25, 0.3) is 33.0 Å². The van der Waals surface area contributed by atoms with Crippen molar-refractivity contribution in [2.24, 2.45) is 0 Å². The molecule has 1 aliphatic rings. The molecule has 0 aromatic heterocycles. The van der Waals surface area contributed by atoms with Gasteiger partial charge in [-0.15, -0.1) is 0 Å². The van der Waals surface area contributed by atoms with Crippen molar-refractivity contribution in [2.75, 3.05) is 0 Å². The normalized spacial score (nSPS) is 12.2. The van der Waals surface area contributed by atoms with Crippen molar-refractivity contribution >= 4 is 10.8 Å². The zero-order chi connectivity index (χ0) is 19.2. The molecule has 3 aromatic carbocycles. The van der Waals surface area contributed by atoms with E-state index >= 15 is 0 Å². The number of hydrogen-bond acceptors (Lipinski definition) is 0. The molecule has 0 spiro atoms. The van der Waals surface area contributed by atoms with Gasteiger partial charge in [0.2, 0.25) is 0 Å². The molecule has 4 rings (SSSR count). The van der Waals surface area contributed by atoms with E-state index in [1.54, 1.807) is 0 Å². The van der Waals surface area contributed by atoms with Gasteiger partial charge < -0.3 is 0 Å². The maximum atomic E-state index is 14.2. The fourth-order valence-corrected chi connectivity index (χ4v) is 3.11. The maximum absolute atomic E-state index is 14.2. The van der Waals surface area contributed by atoms with Crippen molar-refractivity contribution in [2.45, 2.75) is 0 Å². The largest absolute Gasteiger partial charge is 0.203 e. The molecule has 0 radical (unpaired) electrons. The lowest BCUT2D eigenvalue weighted by Gasteiger charge is -2.09. The average Bonchev–Trinajstić information content (AvgIpc) is 2.96. The number of halogens is 10. The first-order chi connectivity index (χ1) is 12.1. The first-order valence-corrected chi connectivity index (χ1v) is 6.64. The van der Waals surface area contributed by atoms with Crippen LogP contribution in [-0.4, -0.2) is 0 Å². The highest BCUT2D eigenvalue weighted by Crippen LogP contribution is 2.54. The van der Waals surface area contributed by atoms with Crippen LogP contribution in [0.5, 0.6) is 0 Å². The SMILES string of the molecule is Fc1c(F)c(F)c2c(c1F)-c1c(F)c(F)c(F)c3c(F)c(F)c(F)c-2c13. The van der Waals surface area contributed by atoms with Gasteiger partial charge >= 0.3 is 0 Å². The van der Waals surface area contributed by atoms with Crippen LogP contribution in [0.4, 0.5) is 43.9 Å². The fourth-order valence-electron chi connectivity index (χ4n) is 3.11. The quantitative estimate of drug-likeness (QED) is 0.203. The van der Waals surface area contributed by atoms with Gasteiger partial charge in [0.1, 0.15) is 0 Å². The lowest BCUT2D eigenvalue weighted by molar-refractivity contribution is 0.411. The minimum atomic E-state index is -2.45. The van der Waals surface area contributed by atoms with E-state index < -0.39 is 91.2 Å². The minimum Gasteiger partial charge on any atom is -0.203 e. The molecule has 0 unspecified atom stereocenters. The van der Waals surface area contributed by atoms with Gasteiger partial charge in [-0.3, -0.25) is 0 Å². The summed E-state index contributed by atoms with van der Waals surface area (Å²) < 4.78 is 139. The second-order valence-electron chi connectivity index (χ2n) is 5.39. The summed E-state index contributed by atoms with van der Waals surface area (Å²) in [5, 5.41) is -2.93. The summed E-state index contributed by atoms with van der Waals surface area (Å²) in [6.45, 7) is 0. The number of rotatable bonds is 0. The lowest BCUT2D eigenvalue weighted by atomic mass is 10.00. The third kappa shape index (κ3) is 1.62. The monoisotopic (exact) mass is 382 g/mol. The van der Waals surface area contributed by atoms with E-state index in [0.29, 0.717) is 0 Å². The Hall–Kier alpha value is -2.78. The van der Waals surface area contributed by atoms with E-state index in [9.17, 15) is 43.9 Å². The Morgan fingerprint density at radius 2 is 0.500 bits per heavy atom. The molecule has 1 aliphatic carbocycles. The molecule has 3 aromatic rings. The first kappa shape index (κ1) is 16.7. The summed E-state index contributed by atoms with van der Waals surface area (Å²) in [6, 6.07) is 0. The van der Waals surface area contributed by atoms with Crippen LogP contribution in [0.15, 0.2) is 0 Å². The van der Waals surface area contributed by atoms with Crippen LogP contribution in [0.2, 0.25) is 0 Å². The molecule has 0 nitrogen and oxygen atoms in total.